The molecular weight excluding hydrogens is 805 g/mol. The van der Waals surface area contributed by atoms with E-state index >= 15 is 0 Å². The Balaban J connectivity index is 4.49. The number of ether oxygens (including phenoxy) is 3. The smallest absolute Gasteiger partial charge is 0.306 e. The third kappa shape index (κ3) is 51.4. The van der Waals surface area contributed by atoms with Gasteiger partial charge in [-0.05, 0) is 109 Å². The largest absolute Gasteiger partial charge is 0.462 e. The Kier molecular flexibility index (Phi) is 50.4. The third-order valence-electron chi connectivity index (χ3n) is 11.4. The van der Waals surface area contributed by atoms with Gasteiger partial charge in [-0.25, -0.2) is 0 Å². The summed E-state index contributed by atoms with van der Waals surface area (Å²) in [5, 5.41) is 0. The summed E-state index contributed by atoms with van der Waals surface area (Å²) in [5.41, 5.74) is 0. The summed E-state index contributed by atoms with van der Waals surface area (Å²) in [5.74, 6) is -0.962. The Morgan fingerprint density at radius 1 is 0.338 bits per heavy atom. The van der Waals surface area contributed by atoms with Crippen LogP contribution in [0.1, 0.15) is 252 Å². The zero-order valence-electron chi connectivity index (χ0n) is 42.5. The number of unbranched alkanes of at least 4 members (excludes halogenated alkanes) is 24. The fourth-order valence-electron chi connectivity index (χ4n) is 7.30. The van der Waals surface area contributed by atoms with Crippen LogP contribution in [0.15, 0.2) is 85.1 Å². The van der Waals surface area contributed by atoms with Crippen molar-refractivity contribution in [2.45, 2.75) is 258 Å². The number of esters is 3. The van der Waals surface area contributed by atoms with Crippen LogP contribution < -0.4 is 0 Å². The monoisotopic (exact) mass is 905 g/mol. The highest BCUT2D eigenvalue weighted by molar-refractivity contribution is 5.71. The molecule has 0 saturated carbocycles. The van der Waals surface area contributed by atoms with Gasteiger partial charge in [-0.15, -0.1) is 0 Å². The molecule has 0 saturated heterocycles. The SMILES string of the molecule is CC/C=C\C/C=C\C/C=C\C/C=C\CCCCCC(=O)OCC(COC(=O)CCCCCCCCC/C=C\CCCCCC)OC(=O)CCCCC/C=C\C=C/CCCCCCCCC. The predicted octanol–water partition coefficient (Wildman–Crippen LogP) is 18.0. The first-order valence-electron chi connectivity index (χ1n) is 27.1. The van der Waals surface area contributed by atoms with Crippen LogP contribution >= 0.6 is 0 Å². The highest BCUT2D eigenvalue weighted by Gasteiger charge is 2.19. The third-order valence-corrected chi connectivity index (χ3v) is 11.4. The molecule has 0 N–H and O–H groups in total. The molecular formula is C59H100O6. The molecule has 6 nitrogen and oxygen atoms in total. The molecule has 0 rings (SSSR count). The number of hydrogen-bond donors (Lipinski definition) is 0. The van der Waals surface area contributed by atoms with Crippen molar-refractivity contribution in [1.82, 2.24) is 0 Å². The second-order valence-corrected chi connectivity index (χ2v) is 17.8. The second kappa shape index (κ2) is 53.2. The van der Waals surface area contributed by atoms with E-state index in [1.807, 2.05) is 0 Å². The van der Waals surface area contributed by atoms with Gasteiger partial charge in [0.05, 0.1) is 0 Å². The van der Waals surface area contributed by atoms with E-state index in [4.69, 9.17) is 14.2 Å². The maximum absolute atomic E-state index is 12.8. The van der Waals surface area contributed by atoms with Gasteiger partial charge in [0, 0.05) is 19.3 Å². The minimum absolute atomic E-state index is 0.100. The fourth-order valence-corrected chi connectivity index (χ4v) is 7.30. The molecule has 0 aromatic rings. The van der Waals surface area contributed by atoms with Gasteiger partial charge in [-0.1, -0.05) is 209 Å². The molecule has 0 bridgehead atoms. The molecule has 1 unspecified atom stereocenters. The molecule has 0 fully saturated rings. The van der Waals surface area contributed by atoms with Crippen molar-refractivity contribution in [3.05, 3.63) is 85.1 Å². The normalized spacial score (nSPS) is 12.7. The molecule has 0 aliphatic carbocycles. The maximum Gasteiger partial charge on any atom is 0.306 e. The van der Waals surface area contributed by atoms with Crippen molar-refractivity contribution in [1.29, 1.82) is 0 Å². The first-order chi connectivity index (χ1) is 32.0. The lowest BCUT2D eigenvalue weighted by Gasteiger charge is -2.18. The van der Waals surface area contributed by atoms with Gasteiger partial charge in [0.15, 0.2) is 6.10 Å². The Labute approximate surface area is 401 Å². The Morgan fingerprint density at radius 2 is 0.646 bits per heavy atom. The molecule has 0 radical (unpaired) electrons. The van der Waals surface area contributed by atoms with Crippen molar-refractivity contribution in [2.75, 3.05) is 13.2 Å². The summed E-state index contributed by atoms with van der Waals surface area (Å²) in [6.45, 7) is 6.46. The minimum atomic E-state index is -0.805. The number of carbonyl (C=O) groups excluding carboxylic acids is 3. The average molecular weight is 905 g/mol. The molecule has 6 heteroatoms. The first kappa shape index (κ1) is 61.6. The summed E-state index contributed by atoms with van der Waals surface area (Å²) >= 11 is 0. The van der Waals surface area contributed by atoms with Crippen LogP contribution in [0.5, 0.6) is 0 Å². The Bertz CT molecular complexity index is 1270. The number of carbonyl (C=O) groups is 3. The Morgan fingerprint density at radius 3 is 1.08 bits per heavy atom. The fraction of sp³-hybridized carbons (Fsp3) is 0.712. The lowest BCUT2D eigenvalue weighted by Crippen LogP contribution is -2.30. The number of rotatable bonds is 48. The van der Waals surface area contributed by atoms with E-state index in [0.717, 1.165) is 103 Å². The van der Waals surface area contributed by atoms with Crippen molar-refractivity contribution in [3.63, 3.8) is 0 Å². The quantitative estimate of drug-likeness (QED) is 0.0199. The summed E-state index contributed by atoms with van der Waals surface area (Å²) < 4.78 is 16.8. The molecule has 0 aliphatic heterocycles. The van der Waals surface area contributed by atoms with Gasteiger partial charge in [-0.2, -0.15) is 0 Å². The molecule has 0 heterocycles. The molecule has 0 spiro atoms. The Hall–Kier alpha value is -3.41. The van der Waals surface area contributed by atoms with Crippen LogP contribution in [0.3, 0.4) is 0 Å². The predicted molar refractivity (Wildman–Crippen MR) is 279 cm³/mol. The lowest BCUT2D eigenvalue weighted by atomic mass is 10.1. The van der Waals surface area contributed by atoms with Crippen LogP contribution in [0, 0.1) is 0 Å². The molecule has 0 aromatic heterocycles. The van der Waals surface area contributed by atoms with Crippen LogP contribution in [-0.4, -0.2) is 37.2 Å². The second-order valence-electron chi connectivity index (χ2n) is 17.8. The van der Waals surface area contributed by atoms with E-state index in [-0.39, 0.29) is 37.5 Å². The highest BCUT2D eigenvalue weighted by Crippen LogP contribution is 2.14. The summed E-state index contributed by atoms with van der Waals surface area (Å²) in [4.78, 5) is 38.0. The van der Waals surface area contributed by atoms with E-state index in [9.17, 15) is 14.4 Å². The zero-order chi connectivity index (χ0) is 47.2. The number of allylic oxidation sites excluding steroid dienone is 14. The summed E-state index contributed by atoms with van der Waals surface area (Å²) in [6.07, 6.45) is 68.5. The van der Waals surface area contributed by atoms with Crippen molar-refractivity contribution >= 4 is 17.9 Å². The van der Waals surface area contributed by atoms with E-state index in [1.54, 1.807) is 0 Å². The molecule has 65 heavy (non-hydrogen) atoms. The van der Waals surface area contributed by atoms with Crippen LogP contribution in [0.4, 0.5) is 0 Å². The van der Waals surface area contributed by atoms with Crippen LogP contribution in [0.25, 0.3) is 0 Å². The van der Waals surface area contributed by atoms with Gasteiger partial charge < -0.3 is 14.2 Å². The minimum Gasteiger partial charge on any atom is -0.462 e. The summed E-state index contributed by atoms with van der Waals surface area (Å²) in [6, 6.07) is 0. The molecule has 0 amide bonds. The summed E-state index contributed by atoms with van der Waals surface area (Å²) in [7, 11) is 0. The molecule has 372 valence electrons. The highest BCUT2D eigenvalue weighted by atomic mass is 16.6. The standard InChI is InChI=1S/C59H100O6/c1-4-7-10-13-16-19-22-25-28-31-34-37-40-43-46-49-52-58(61)64-55-56(54-63-57(60)51-48-45-42-39-36-33-30-27-24-21-18-15-12-9-6-3)65-59(62)53-50-47-44-41-38-35-32-29-26-23-20-17-14-11-8-5-2/h7,10,16,19,21,24-25,28-29,32,34-35,37-38,56H,4-6,8-9,11-15,17-18,20,22-23,26-27,30-31,33,36,39-55H2,1-3H3/b10-7-,19-16-,24-21-,28-25-,32-29-,37-34-,38-35-. The molecule has 1 atom stereocenters. The maximum atomic E-state index is 12.8. The van der Waals surface area contributed by atoms with E-state index in [2.05, 4.69) is 106 Å². The number of hydrogen-bond acceptors (Lipinski definition) is 6. The first-order valence-corrected chi connectivity index (χ1v) is 27.1. The van der Waals surface area contributed by atoms with E-state index < -0.39 is 6.10 Å². The zero-order valence-corrected chi connectivity index (χ0v) is 42.5. The topological polar surface area (TPSA) is 78.9 Å². The van der Waals surface area contributed by atoms with Crippen molar-refractivity contribution in [2.24, 2.45) is 0 Å². The average Bonchev–Trinajstić information content (AvgIpc) is 3.30. The molecule has 0 aromatic carbocycles. The van der Waals surface area contributed by atoms with Crippen molar-refractivity contribution < 1.29 is 28.6 Å². The van der Waals surface area contributed by atoms with Crippen LogP contribution in [-0.2, 0) is 28.6 Å². The van der Waals surface area contributed by atoms with E-state index in [0.29, 0.717) is 12.8 Å². The van der Waals surface area contributed by atoms with Gasteiger partial charge in [0.25, 0.3) is 0 Å². The van der Waals surface area contributed by atoms with Gasteiger partial charge in [0.2, 0.25) is 0 Å². The molecule has 0 aliphatic rings. The van der Waals surface area contributed by atoms with E-state index in [1.165, 1.54) is 109 Å². The van der Waals surface area contributed by atoms with Crippen LogP contribution in [0.2, 0.25) is 0 Å². The van der Waals surface area contributed by atoms with Gasteiger partial charge in [0.1, 0.15) is 13.2 Å². The van der Waals surface area contributed by atoms with Gasteiger partial charge in [-0.3, -0.25) is 14.4 Å². The van der Waals surface area contributed by atoms with Gasteiger partial charge >= 0.3 is 17.9 Å². The lowest BCUT2D eigenvalue weighted by molar-refractivity contribution is -0.167. The van der Waals surface area contributed by atoms with Crippen molar-refractivity contribution in [3.8, 4) is 0 Å².